The van der Waals surface area contributed by atoms with Crippen molar-refractivity contribution in [3.05, 3.63) is 35.4 Å². The Hall–Kier alpha value is -1.35. The molecule has 0 aliphatic carbocycles. The molecule has 0 saturated carbocycles. The first kappa shape index (κ1) is 15.0. The van der Waals surface area contributed by atoms with Gasteiger partial charge in [-0.05, 0) is 38.3 Å². The molecule has 1 aromatic rings. The lowest BCUT2D eigenvalue weighted by Crippen LogP contribution is -2.48. The van der Waals surface area contributed by atoms with Gasteiger partial charge in [0.25, 0.3) is 0 Å². The van der Waals surface area contributed by atoms with Gasteiger partial charge in [-0.1, -0.05) is 36.8 Å². The molecule has 1 N–H and O–H groups in total. The van der Waals surface area contributed by atoms with Gasteiger partial charge in [0.15, 0.2) is 0 Å². The first-order valence-corrected chi connectivity index (χ1v) is 7.75. The molecule has 0 bridgehead atoms. The number of amides is 1. The first-order chi connectivity index (χ1) is 9.69. The highest BCUT2D eigenvalue weighted by molar-refractivity contribution is 5.76. The minimum Gasteiger partial charge on any atom is -0.341 e. The monoisotopic (exact) mass is 274 g/mol. The van der Waals surface area contributed by atoms with Crippen LogP contribution in [0.3, 0.4) is 0 Å². The molecule has 1 heterocycles. The molecule has 1 aliphatic heterocycles. The Morgan fingerprint density at radius 2 is 2.30 bits per heavy atom. The number of hydrogen-bond acceptors (Lipinski definition) is 2. The number of aryl methyl sites for hydroxylation is 2. The number of benzene rings is 1. The Balaban J connectivity index is 1.82. The second-order valence-electron chi connectivity index (χ2n) is 5.73. The molecular formula is C17H26N2O. The van der Waals surface area contributed by atoms with Crippen molar-refractivity contribution in [3.63, 3.8) is 0 Å². The highest BCUT2D eigenvalue weighted by Crippen LogP contribution is 2.13. The van der Waals surface area contributed by atoms with E-state index >= 15 is 0 Å². The van der Waals surface area contributed by atoms with Gasteiger partial charge in [0, 0.05) is 25.6 Å². The third kappa shape index (κ3) is 4.34. The van der Waals surface area contributed by atoms with Gasteiger partial charge in [-0.15, -0.1) is 0 Å². The number of piperidine rings is 1. The predicted molar refractivity (Wildman–Crippen MR) is 82.8 cm³/mol. The van der Waals surface area contributed by atoms with Crippen LogP contribution in [0, 0.1) is 6.92 Å². The van der Waals surface area contributed by atoms with Crippen molar-refractivity contribution in [2.24, 2.45) is 0 Å². The van der Waals surface area contributed by atoms with Crippen LogP contribution >= 0.6 is 0 Å². The maximum atomic E-state index is 12.3. The molecule has 3 nitrogen and oxygen atoms in total. The normalized spacial score (nSPS) is 19.1. The van der Waals surface area contributed by atoms with E-state index in [-0.39, 0.29) is 0 Å². The van der Waals surface area contributed by atoms with E-state index < -0.39 is 0 Å². The van der Waals surface area contributed by atoms with Crippen LogP contribution in [-0.4, -0.2) is 36.5 Å². The van der Waals surface area contributed by atoms with Crippen molar-refractivity contribution in [2.75, 3.05) is 19.6 Å². The van der Waals surface area contributed by atoms with Crippen LogP contribution in [-0.2, 0) is 11.2 Å². The van der Waals surface area contributed by atoms with E-state index in [9.17, 15) is 4.79 Å². The van der Waals surface area contributed by atoms with E-state index in [1.807, 2.05) is 4.90 Å². The van der Waals surface area contributed by atoms with Crippen LogP contribution in [0.1, 0.15) is 37.3 Å². The molecule has 1 fully saturated rings. The van der Waals surface area contributed by atoms with E-state index in [2.05, 4.69) is 43.4 Å². The molecule has 1 atom stereocenters. The van der Waals surface area contributed by atoms with Crippen molar-refractivity contribution in [3.8, 4) is 0 Å². The second-order valence-corrected chi connectivity index (χ2v) is 5.73. The SMILES string of the molecule is CCNC1CCCN(C(=O)CCc2cccc(C)c2)C1. The van der Waals surface area contributed by atoms with Gasteiger partial charge < -0.3 is 10.2 Å². The summed E-state index contributed by atoms with van der Waals surface area (Å²) in [7, 11) is 0. The van der Waals surface area contributed by atoms with Gasteiger partial charge >= 0.3 is 0 Å². The zero-order valence-corrected chi connectivity index (χ0v) is 12.7. The lowest BCUT2D eigenvalue weighted by Gasteiger charge is -2.33. The number of carbonyl (C=O) groups excluding carboxylic acids is 1. The zero-order valence-electron chi connectivity index (χ0n) is 12.7. The van der Waals surface area contributed by atoms with Crippen LogP contribution < -0.4 is 5.32 Å². The quantitative estimate of drug-likeness (QED) is 0.895. The minimum atomic E-state index is 0.300. The van der Waals surface area contributed by atoms with Crippen molar-refractivity contribution in [1.82, 2.24) is 10.2 Å². The number of carbonyl (C=O) groups is 1. The highest BCUT2D eigenvalue weighted by Gasteiger charge is 2.22. The van der Waals surface area contributed by atoms with E-state index in [0.717, 1.165) is 32.5 Å². The van der Waals surface area contributed by atoms with Crippen LogP contribution in [0.4, 0.5) is 0 Å². The fraction of sp³-hybridized carbons (Fsp3) is 0.588. The average Bonchev–Trinajstić information content (AvgIpc) is 2.45. The summed E-state index contributed by atoms with van der Waals surface area (Å²) in [5, 5.41) is 3.46. The van der Waals surface area contributed by atoms with Gasteiger partial charge in [0.2, 0.25) is 5.91 Å². The fourth-order valence-electron chi connectivity index (χ4n) is 2.94. The molecule has 20 heavy (non-hydrogen) atoms. The Bertz CT molecular complexity index is 442. The van der Waals surface area contributed by atoms with Gasteiger partial charge in [-0.2, -0.15) is 0 Å². The Morgan fingerprint density at radius 1 is 1.45 bits per heavy atom. The highest BCUT2D eigenvalue weighted by atomic mass is 16.2. The summed E-state index contributed by atoms with van der Waals surface area (Å²) in [5.41, 5.74) is 2.53. The van der Waals surface area contributed by atoms with E-state index in [1.54, 1.807) is 0 Å². The minimum absolute atomic E-state index is 0.300. The Morgan fingerprint density at radius 3 is 3.05 bits per heavy atom. The number of nitrogens with zero attached hydrogens (tertiary/aromatic N) is 1. The lowest BCUT2D eigenvalue weighted by atomic mass is 10.0. The Kier molecular flexibility index (Phi) is 5.60. The molecule has 1 unspecified atom stereocenters. The number of rotatable bonds is 5. The van der Waals surface area contributed by atoms with Crippen LogP contribution in [0.2, 0.25) is 0 Å². The van der Waals surface area contributed by atoms with Gasteiger partial charge in [0.1, 0.15) is 0 Å². The smallest absolute Gasteiger partial charge is 0.222 e. The summed E-state index contributed by atoms with van der Waals surface area (Å²) >= 11 is 0. The summed E-state index contributed by atoms with van der Waals surface area (Å²) < 4.78 is 0. The first-order valence-electron chi connectivity index (χ1n) is 7.75. The summed E-state index contributed by atoms with van der Waals surface area (Å²) in [6.45, 7) is 7.00. The summed E-state index contributed by atoms with van der Waals surface area (Å²) in [6.07, 6.45) is 3.79. The maximum absolute atomic E-state index is 12.3. The predicted octanol–water partition coefficient (Wildman–Crippen LogP) is 2.53. The molecule has 0 spiro atoms. The van der Waals surface area contributed by atoms with Crippen molar-refractivity contribution in [2.45, 2.75) is 45.6 Å². The van der Waals surface area contributed by atoms with Crippen LogP contribution in [0.15, 0.2) is 24.3 Å². The summed E-state index contributed by atoms with van der Waals surface area (Å²) in [6, 6.07) is 8.92. The van der Waals surface area contributed by atoms with Gasteiger partial charge in [0.05, 0.1) is 0 Å². The number of nitrogens with one attached hydrogen (secondary N) is 1. The van der Waals surface area contributed by atoms with Crippen molar-refractivity contribution in [1.29, 1.82) is 0 Å². The zero-order chi connectivity index (χ0) is 14.4. The number of likely N-dealkylation sites (N-methyl/N-ethyl adjacent to an activating group) is 1. The van der Waals surface area contributed by atoms with E-state index in [1.165, 1.54) is 17.5 Å². The summed E-state index contributed by atoms with van der Waals surface area (Å²) in [4.78, 5) is 14.3. The third-order valence-electron chi connectivity index (χ3n) is 3.98. The largest absolute Gasteiger partial charge is 0.341 e. The van der Waals surface area contributed by atoms with E-state index in [0.29, 0.717) is 18.4 Å². The molecule has 110 valence electrons. The molecule has 2 rings (SSSR count). The molecule has 1 aliphatic rings. The topological polar surface area (TPSA) is 32.3 Å². The van der Waals surface area contributed by atoms with Crippen LogP contribution in [0.5, 0.6) is 0 Å². The standard InChI is InChI=1S/C17H26N2O/c1-3-18-16-8-5-11-19(13-16)17(20)10-9-15-7-4-6-14(2)12-15/h4,6-7,12,16,18H,3,5,8-11,13H2,1-2H3. The molecule has 1 aromatic carbocycles. The lowest BCUT2D eigenvalue weighted by molar-refractivity contribution is -0.132. The van der Waals surface area contributed by atoms with Crippen molar-refractivity contribution < 1.29 is 4.79 Å². The second kappa shape index (κ2) is 7.44. The molecule has 0 radical (unpaired) electrons. The molecule has 1 saturated heterocycles. The van der Waals surface area contributed by atoms with Gasteiger partial charge in [-0.3, -0.25) is 4.79 Å². The van der Waals surface area contributed by atoms with E-state index in [4.69, 9.17) is 0 Å². The van der Waals surface area contributed by atoms with Crippen molar-refractivity contribution >= 4 is 5.91 Å². The number of hydrogen-bond donors (Lipinski definition) is 1. The average molecular weight is 274 g/mol. The molecular weight excluding hydrogens is 248 g/mol. The summed E-state index contributed by atoms with van der Waals surface area (Å²) in [5.74, 6) is 0.300. The third-order valence-corrected chi connectivity index (χ3v) is 3.98. The molecule has 3 heteroatoms. The molecule has 0 aromatic heterocycles. The number of likely N-dealkylation sites (tertiary alicyclic amines) is 1. The molecule has 1 amide bonds. The van der Waals surface area contributed by atoms with Gasteiger partial charge in [-0.25, -0.2) is 0 Å². The fourth-order valence-corrected chi connectivity index (χ4v) is 2.94. The van der Waals surface area contributed by atoms with Crippen LogP contribution in [0.25, 0.3) is 0 Å². The maximum Gasteiger partial charge on any atom is 0.222 e. The Labute approximate surface area is 122 Å².